The first kappa shape index (κ1) is 17.8. The molecule has 0 heterocycles. The third kappa shape index (κ3) is 5.60. The van der Waals surface area contributed by atoms with Crippen molar-refractivity contribution in [2.24, 2.45) is 5.92 Å². The van der Waals surface area contributed by atoms with E-state index in [1.807, 2.05) is 11.8 Å². The van der Waals surface area contributed by atoms with Gasteiger partial charge in [0.05, 0.1) is 5.92 Å². The summed E-state index contributed by atoms with van der Waals surface area (Å²) in [5.41, 5.74) is 0. The molecule has 3 nitrogen and oxygen atoms in total. The Bertz CT molecular complexity index is 496. The van der Waals surface area contributed by atoms with Gasteiger partial charge in [-0.05, 0) is 63.8 Å². The molecule has 1 saturated carbocycles. The number of carbonyl (C=O) groups is 1. The Kier molecular flexibility index (Phi) is 6.36. The van der Waals surface area contributed by atoms with E-state index in [2.05, 4.69) is 59.4 Å². The molecule has 0 radical (unpaired) electrons. The minimum absolute atomic E-state index is 0.109. The Morgan fingerprint density at radius 1 is 1.27 bits per heavy atom. The first-order valence-electron chi connectivity index (χ1n) is 7.76. The van der Waals surface area contributed by atoms with Gasteiger partial charge in [-0.15, -0.1) is 11.8 Å². The zero-order chi connectivity index (χ0) is 16.2. The maximum absolute atomic E-state index is 11.0. The number of benzene rings is 1. The molecule has 1 aromatic rings. The van der Waals surface area contributed by atoms with Gasteiger partial charge in [-0.1, -0.05) is 15.9 Å². The van der Waals surface area contributed by atoms with Crippen LogP contribution in [0.4, 0.5) is 0 Å². The summed E-state index contributed by atoms with van der Waals surface area (Å²) in [7, 11) is 0. The van der Waals surface area contributed by atoms with Crippen LogP contribution < -0.4 is 5.32 Å². The molecule has 0 spiro atoms. The number of nitrogens with one attached hydrogen (secondary N) is 1. The Hall–Kier alpha value is -0.520. The molecule has 1 aromatic carbocycles. The summed E-state index contributed by atoms with van der Waals surface area (Å²) in [6.45, 7) is 5.42. The topological polar surface area (TPSA) is 49.3 Å². The van der Waals surface area contributed by atoms with Gasteiger partial charge in [0, 0.05) is 26.7 Å². The van der Waals surface area contributed by atoms with Crippen molar-refractivity contribution in [2.45, 2.75) is 55.2 Å². The van der Waals surface area contributed by atoms with E-state index in [1.54, 1.807) is 0 Å². The van der Waals surface area contributed by atoms with Crippen LogP contribution in [-0.2, 0) is 4.79 Å². The number of carboxylic acids is 1. The Morgan fingerprint density at radius 2 is 1.86 bits per heavy atom. The molecular formula is C17H24BrNO2S. The van der Waals surface area contributed by atoms with Crippen LogP contribution in [-0.4, -0.2) is 28.4 Å². The fourth-order valence-electron chi connectivity index (χ4n) is 2.79. The molecule has 0 atom stereocenters. The standard InChI is InChI=1S/C17H24BrNO2S/c1-17(2,22-15-9-5-13(18)6-10-15)11-19-14-7-3-12(4-8-14)16(20)21/h5-6,9-10,12,14,19H,3-4,7-8,11H2,1-2H3,(H,20,21). The fourth-order valence-corrected chi connectivity index (χ4v) is 4.12. The summed E-state index contributed by atoms with van der Waals surface area (Å²) in [5, 5.41) is 12.7. The van der Waals surface area contributed by atoms with Gasteiger partial charge in [0.2, 0.25) is 0 Å². The molecule has 0 amide bonds. The van der Waals surface area contributed by atoms with Gasteiger partial charge in [0.1, 0.15) is 0 Å². The number of rotatable bonds is 6. The Morgan fingerprint density at radius 3 is 2.41 bits per heavy atom. The van der Waals surface area contributed by atoms with Crippen LogP contribution in [0, 0.1) is 5.92 Å². The summed E-state index contributed by atoms with van der Waals surface area (Å²) >= 11 is 5.33. The minimum atomic E-state index is -0.635. The van der Waals surface area contributed by atoms with Gasteiger partial charge in [0.15, 0.2) is 0 Å². The average Bonchev–Trinajstić information content (AvgIpc) is 2.48. The molecule has 2 N–H and O–H groups in total. The van der Waals surface area contributed by atoms with E-state index in [1.165, 1.54) is 4.90 Å². The normalized spacial score (nSPS) is 22.5. The lowest BCUT2D eigenvalue weighted by Crippen LogP contribution is -2.41. The number of hydrogen-bond acceptors (Lipinski definition) is 3. The lowest BCUT2D eigenvalue weighted by atomic mass is 9.86. The summed E-state index contributed by atoms with van der Waals surface area (Å²) in [5.74, 6) is -0.771. The van der Waals surface area contributed by atoms with Gasteiger partial charge in [-0.2, -0.15) is 0 Å². The predicted molar refractivity (Wildman–Crippen MR) is 95.5 cm³/mol. The first-order chi connectivity index (χ1) is 10.4. The molecule has 0 aliphatic heterocycles. The predicted octanol–water partition coefficient (Wildman–Crippen LogP) is 4.55. The third-order valence-corrected chi connectivity index (χ3v) is 5.83. The molecule has 122 valence electrons. The largest absolute Gasteiger partial charge is 0.481 e. The van der Waals surface area contributed by atoms with Gasteiger partial charge in [-0.3, -0.25) is 4.79 Å². The van der Waals surface area contributed by atoms with Gasteiger partial charge in [0.25, 0.3) is 0 Å². The fraction of sp³-hybridized carbons (Fsp3) is 0.588. The van der Waals surface area contributed by atoms with Crippen molar-refractivity contribution < 1.29 is 9.90 Å². The number of aliphatic carboxylic acids is 1. The minimum Gasteiger partial charge on any atom is -0.481 e. The summed E-state index contributed by atoms with van der Waals surface area (Å²) in [6, 6.07) is 8.86. The van der Waals surface area contributed by atoms with E-state index in [4.69, 9.17) is 5.11 Å². The van der Waals surface area contributed by atoms with E-state index in [-0.39, 0.29) is 10.7 Å². The van der Waals surface area contributed by atoms with Crippen molar-refractivity contribution in [1.29, 1.82) is 0 Å². The summed E-state index contributed by atoms with van der Waals surface area (Å²) in [4.78, 5) is 12.2. The van der Waals surface area contributed by atoms with E-state index in [0.717, 1.165) is 36.7 Å². The number of halogens is 1. The van der Waals surface area contributed by atoms with Crippen LogP contribution in [0.5, 0.6) is 0 Å². The van der Waals surface area contributed by atoms with Crippen LogP contribution in [0.25, 0.3) is 0 Å². The quantitative estimate of drug-likeness (QED) is 0.704. The summed E-state index contributed by atoms with van der Waals surface area (Å²) in [6.07, 6.45) is 3.53. The molecule has 0 bridgehead atoms. The second-order valence-electron chi connectivity index (χ2n) is 6.58. The maximum Gasteiger partial charge on any atom is 0.306 e. The van der Waals surface area contributed by atoms with Crippen LogP contribution in [0.15, 0.2) is 33.6 Å². The lowest BCUT2D eigenvalue weighted by molar-refractivity contribution is -0.142. The second kappa shape index (κ2) is 7.84. The van der Waals surface area contributed by atoms with E-state index in [0.29, 0.717) is 6.04 Å². The average molecular weight is 386 g/mol. The molecule has 0 saturated heterocycles. The zero-order valence-electron chi connectivity index (χ0n) is 13.1. The van der Waals surface area contributed by atoms with E-state index in [9.17, 15) is 4.79 Å². The van der Waals surface area contributed by atoms with E-state index >= 15 is 0 Å². The molecule has 5 heteroatoms. The monoisotopic (exact) mass is 385 g/mol. The van der Waals surface area contributed by atoms with Gasteiger partial charge >= 0.3 is 5.97 Å². The van der Waals surface area contributed by atoms with Crippen LogP contribution in [0.3, 0.4) is 0 Å². The van der Waals surface area contributed by atoms with Crippen molar-refractivity contribution in [3.05, 3.63) is 28.7 Å². The van der Waals surface area contributed by atoms with Crippen LogP contribution in [0.1, 0.15) is 39.5 Å². The van der Waals surface area contributed by atoms with E-state index < -0.39 is 5.97 Å². The maximum atomic E-state index is 11.0. The lowest BCUT2D eigenvalue weighted by Gasteiger charge is -2.31. The SMILES string of the molecule is CC(C)(CNC1CCC(C(=O)O)CC1)Sc1ccc(Br)cc1. The number of hydrogen-bond donors (Lipinski definition) is 2. The smallest absolute Gasteiger partial charge is 0.306 e. The van der Waals surface area contributed by atoms with Gasteiger partial charge < -0.3 is 10.4 Å². The molecule has 22 heavy (non-hydrogen) atoms. The van der Waals surface area contributed by atoms with Crippen LogP contribution >= 0.6 is 27.7 Å². The summed E-state index contributed by atoms with van der Waals surface area (Å²) < 4.78 is 1.21. The Labute approximate surface area is 145 Å². The molecule has 1 aliphatic carbocycles. The highest BCUT2D eigenvalue weighted by Gasteiger charge is 2.27. The van der Waals surface area contributed by atoms with Crippen molar-refractivity contribution in [3.8, 4) is 0 Å². The number of thioether (sulfide) groups is 1. The third-order valence-electron chi connectivity index (χ3n) is 4.10. The molecule has 0 aromatic heterocycles. The van der Waals surface area contributed by atoms with Crippen molar-refractivity contribution in [2.75, 3.05) is 6.54 Å². The zero-order valence-corrected chi connectivity index (χ0v) is 15.5. The molecule has 1 aliphatic rings. The highest BCUT2D eigenvalue weighted by molar-refractivity contribution is 9.10. The highest BCUT2D eigenvalue weighted by Crippen LogP contribution is 2.33. The first-order valence-corrected chi connectivity index (χ1v) is 9.37. The Balaban J connectivity index is 1.78. The molecule has 2 rings (SSSR count). The van der Waals surface area contributed by atoms with Crippen LogP contribution in [0.2, 0.25) is 0 Å². The van der Waals surface area contributed by atoms with Crippen molar-refractivity contribution >= 4 is 33.7 Å². The molecule has 1 fully saturated rings. The van der Waals surface area contributed by atoms with Crippen molar-refractivity contribution in [3.63, 3.8) is 0 Å². The molecule has 0 unspecified atom stereocenters. The van der Waals surface area contributed by atoms with Crippen molar-refractivity contribution in [1.82, 2.24) is 5.32 Å². The molecular weight excluding hydrogens is 362 g/mol. The highest BCUT2D eigenvalue weighted by atomic mass is 79.9. The second-order valence-corrected chi connectivity index (χ2v) is 9.28. The van der Waals surface area contributed by atoms with Gasteiger partial charge in [-0.25, -0.2) is 0 Å². The number of carboxylic acid groups (broad SMARTS) is 1.